The minimum Gasteiger partial charge on any atom is -0.388 e. The van der Waals surface area contributed by atoms with Gasteiger partial charge in [0.15, 0.2) is 5.78 Å². The Labute approximate surface area is 149 Å². The van der Waals surface area contributed by atoms with Crippen LogP contribution in [0.25, 0.3) is 0 Å². The molecule has 0 aromatic rings. The summed E-state index contributed by atoms with van der Waals surface area (Å²) in [6, 6.07) is 2.21. The number of methoxy groups -OCH3 is 1. The zero-order valence-electron chi connectivity index (χ0n) is 15.2. The highest BCUT2D eigenvalue weighted by Gasteiger charge is 2.62. The number of carbonyl (C=O) groups is 1. The molecular weight excluding hydrogens is 314 g/mol. The maximum atomic E-state index is 11.8. The molecule has 25 heavy (non-hydrogen) atoms. The summed E-state index contributed by atoms with van der Waals surface area (Å²) in [5, 5.41) is 20.5. The van der Waals surface area contributed by atoms with Crippen molar-refractivity contribution in [2.45, 2.75) is 70.0 Å². The largest absolute Gasteiger partial charge is 0.388 e. The van der Waals surface area contributed by atoms with Gasteiger partial charge in [0.25, 0.3) is 0 Å². The van der Waals surface area contributed by atoms with Crippen molar-refractivity contribution in [2.75, 3.05) is 7.11 Å². The molecule has 0 aromatic heterocycles. The molecule has 4 heteroatoms. The molecule has 0 bridgehead atoms. The Hall–Kier alpha value is -1.44. The first-order valence-electron chi connectivity index (χ1n) is 9.52. The van der Waals surface area contributed by atoms with Crippen molar-refractivity contribution in [1.29, 1.82) is 5.26 Å². The molecule has 4 nitrogen and oxygen atoms in total. The molecule has 4 aliphatic rings. The van der Waals surface area contributed by atoms with Crippen LogP contribution in [0, 0.1) is 28.6 Å². The van der Waals surface area contributed by atoms with Gasteiger partial charge in [0, 0.05) is 18.9 Å². The highest BCUT2D eigenvalue weighted by molar-refractivity contribution is 5.93. The van der Waals surface area contributed by atoms with E-state index in [0.717, 1.165) is 32.1 Å². The molecule has 134 valence electrons. The summed E-state index contributed by atoms with van der Waals surface area (Å²) < 4.78 is 5.92. The summed E-state index contributed by atoms with van der Waals surface area (Å²) in [5.41, 5.74) is 2.80. The van der Waals surface area contributed by atoms with Gasteiger partial charge in [-0.15, -0.1) is 0 Å². The zero-order chi connectivity index (χ0) is 17.8. The van der Waals surface area contributed by atoms with Crippen molar-refractivity contribution in [3.8, 4) is 6.07 Å². The summed E-state index contributed by atoms with van der Waals surface area (Å²) in [5.74, 6) is 1.06. The van der Waals surface area contributed by atoms with Crippen LogP contribution < -0.4 is 0 Å². The molecule has 0 amide bonds. The summed E-state index contributed by atoms with van der Waals surface area (Å²) in [6.45, 7) is 2.17. The SMILES string of the molecule is CO[C@H]1C[C@@]2(C)[C@@H](CC[C@@]2(O)CC#N)[C@@H]2CCC3=CC(=O)CCC3=C12. The van der Waals surface area contributed by atoms with Gasteiger partial charge in [-0.1, -0.05) is 6.92 Å². The van der Waals surface area contributed by atoms with Crippen LogP contribution in [0.3, 0.4) is 0 Å². The van der Waals surface area contributed by atoms with Crippen molar-refractivity contribution in [2.24, 2.45) is 17.3 Å². The lowest BCUT2D eigenvalue weighted by Crippen LogP contribution is -2.53. The molecule has 4 aliphatic carbocycles. The van der Waals surface area contributed by atoms with E-state index < -0.39 is 5.60 Å². The Balaban J connectivity index is 1.80. The maximum absolute atomic E-state index is 11.8. The van der Waals surface area contributed by atoms with Crippen LogP contribution in [-0.4, -0.2) is 29.7 Å². The molecule has 2 fully saturated rings. The van der Waals surface area contributed by atoms with Crippen molar-refractivity contribution in [3.63, 3.8) is 0 Å². The van der Waals surface area contributed by atoms with Crippen LogP contribution >= 0.6 is 0 Å². The number of hydrogen-bond acceptors (Lipinski definition) is 4. The van der Waals surface area contributed by atoms with E-state index in [1.807, 2.05) is 6.08 Å². The lowest BCUT2D eigenvalue weighted by molar-refractivity contribution is -0.115. The maximum Gasteiger partial charge on any atom is 0.156 e. The molecule has 5 atom stereocenters. The van der Waals surface area contributed by atoms with E-state index in [1.54, 1.807) is 7.11 Å². The third kappa shape index (κ3) is 2.29. The molecule has 0 aromatic carbocycles. The first-order valence-corrected chi connectivity index (χ1v) is 9.52. The van der Waals surface area contributed by atoms with Gasteiger partial charge >= 0.3 is 0 Å². The van der Waals surface area contributed by atoms with Crippen molar-refractivity contribution in [3.05, 3.63) is 22.8 Å². The van der Waals surface area contributed by atoms with E-state index in [4.69, 9.17) is 4.74 Å². The van der Waals surface area contributed by atoms with Gasteiger partial charge in [0.1, 0.15) is 0 Å². The summed E-state index contributed by atoms with van der Waals surface area (Å²) in [7, 11) is 1.75. The molecule has 0 unspecified atom stereocenters. The highest BCUT2D eigenvalue weighted by atomic mass is 16.5. The second-order valence-electron chi connectivity index (χ2n) is 8.57. The van der Waals surface area contributed by atoms with Gasteiger partial charge in [-0.25, -0.2) is 0 Å². The lowest BCUT2D eigenvalue weighted by atomic mass is 9.53. The molecule has 2 saturated carbocycles. The second-order valence-corrected chi connectivity index (χ2v) is 8.57. The summed E-state index contributed by atoms with van der Waals surface area (Å²) in [4.78, 5) is 11.8. The van der Waals surface area contributed by atoms with Gasteiger partial charge in [-0.3, -0.25) is 4.79 Å². The van der Waals surface area contributed by atoms with Gasteiger partial charge < -0.3 is 9.84 Å². The second kappa shape index (κ2) is 5.79. The number of nitrogens with zero attached hydrogens (tertiary/aromatic N) is 1. The molecule has 0 heterocycles. The number of rotatable bonds is 2. The predicted molar refractivity (Wildman–Crippen MR) is 93.5 cm³/mol. The molecule has 0 aliphatic heterocycles. The van der Waals surface area contributed by atoms with Crippen molar-refractivity contribution in [1.82, 2.24) is 0 Å². The van der Waals surface area contributed by atoms with Crippen LogP contribution in [0.4, 0.5) is 0 Å². The number of carbonyl (C=O) groups excluding carboxylic acids is 1. The summed E-state index contributed by atoms with van der Waals surface area (Å²) >= 11 is 0. The number of aliphatic hydroxyl groups is 1. The molecule has 4 rings (SSSR count). The van der Waals surface area contributed by atoms with E-state index >= 15 is 0 Å². The van der Waals surface area contributed by atoms with Crippen LogP contribution in [-0.2, 0) is 9.53 Å². The van der Waals surface area contributed by atoms with Crippen molar-refractivity contribution < 1.29 is 14.6 Å². The monoisotopic (exact) mass is 341 g/mol. The van der Waals surface area contributed by atoms with Crippen molar-refractivity contribution >= 4 is 5.78 Å². The molecule has 0 saturated heterocycles. The number of allylic oxidation sites excluding steroid dienone is 3. The number of hydrogen-bond donors (Lipinski definition) is 1. The standard InChI is InChI=1S/C21H27NO3/c1-20-12-18(25-2)19-15-6-4-14(23)11-13(15)3-5-16(19)17(20)7-8-21(20,24)9-10-22/h11,16-18,24H,3-9,12H2,1-2H3/t16-,17-,18-,20-,21+/m0/s1. The van der Waals surface area contributed by atoms with E-state index in [-0.39, 0.29) is 23.7 Å². The third-order valence-electron chi connectivity index (χ3n) is 7.67. The number of fused-ring (bicyclic) bond motifs is 4. The fraction of sp³-hybridized carbons (Fsp3) is 0.714. The van der Waals surface area contributed by atoms with Crippen LogP contribution in [0.2, 0.25) is 0 Å². The van der Waals surface area contributed by atoms with Gasteiger partial charge in [-0.2, -0.15) is 5.26 Å². The highest BCUT2D eigenvalue weighted by Crippen LogP contribution is 2.64. The average molecular weight is 341 g/mol. The normalized spacial score (nSPS) is 43.0. The minimum absolute atomic E-state index is 0.0125. The third-order valence-corrected chi connectivity index (χ3v) is 7.67. The topological polar surface area (TPSA) is 70.3 Å². The quantitative estimate of drug-likeness (QED) is 0.835. The van der Waals surface area contributed by atoms with Crippen LogP contribution in [0.5, 0.6) is 0 Å². The average Bonchev–Trinajstić information content (AvgIpc) is 2.85. The van der Waals surface area contributed by atoms with Gasteiger partial charge in [0.05, 0.1) is 24.2 Å². The van der Waals surface area contributed by atoms with Gasteiger partial charge in [0.2, 0.25) is 0 Å². The Morgan fingerprint density at radius 1 is 1.36 bits per heavy atom. The smallest absolute Gasteiger partial charge is 0.156 e. The predicted octanol–water partition coefficient (Wildman–Crippen LogP) is 3.46. The number of nitriles is 1. The van der Waals surface area contributed by atoms with E-state index in [0.29, 0.717) is 24.7 Å². The van der Waals surface area contributed by atoms with E-state index in [1.165, 1.54) is 16.7 Å². The first kappa shape index (κ1) is 17.0. The van der Waals surface area contributed by atoms with E-state index in [2.05, 4.69) is 13.0 Å². The zero-order valence-corrected chi connectivity index (χ0v) is 15.2. The Bertz CT molecular complexity index is 715. The Morgan fingerprint density at radius 3 is 2.88 bits per heavy atom. The number of ether oxygens (including phenoxy) is 1. The minimum atomic E-state index is -0.905. The van der Waals surface area contributed by atoms with Crippen LogP contribution in [0.15, 0.2) is 22.8 Å². The fourth-order valence-corrected chi connectivity index (χ4v) is 6.31. The molecule has 1 N–H and O–H groups in total. The number of ketones is 1. The van der Waals surface area contributed by atoms with Crippen LogP contribution in [0.1, 0.15) is 58.3 Å². The molecule has 0 radical (unpaired) electrons. The fourth-order valence-electron chi connectivity index (χ4n) is 6.31. The lowest BCUT2D eigenvalue weighted by Gasteiger charge is -2.53. The Kier molecular flexibility index (Phi) is 3.94. The molecule has 0 spiro atoms. The van der Waals surface area contributed by atoms with Gasteiger partial charge in [-0.05, 0) is 73.2 Å². The molecular formula is C21H27NO3. The Morgan fingerprint density at radius 2 is 2.16 bits per heavy atom. The van der Waals surface area contributed by atoms with E-state index in [9.17, 15) is 15.2 Å². The first-order chi connectivity index (χ1) is 11.9. The summed E-state index contributed by atoms with van der Waals surface area (Å²) in [6.07, 6.45) is 7.91.